The van der Waals surface area contributed by atoms with E-state index >= 15 is 0 Å². The van der Waals surface area contributed by atoms with Gasteiger partial charge in [-0.2, -0.15) is 5.10 Å². The summed E-state index contributed by atoms with van der Waals surface area (Å²) in [5.74, 6) is 1.08. The molecule has 2 aliphatic rings. The first-order valence-electron chi connectivity index (χ1n) is 11.8. The lowest BCUT2D eigenvalue weighted by molar-refractivity contribution is -0.143. The normalized spacial score (nSPS) is 17.8. The van der Waals surface area contributed by atoms with E-state index in [0.29, 0.717) is 37.7 Å². The van der Waals surface area contributed by atoms with Gasteiger partial charge in [-0.3, -0.25) is 14.5 Å². The average molecular weight is 476 g/mol. The summed E-state index contributed by atoms with van der Waals surface area (Å²) in [6.45, 7) is 6.61. The van der Waals surface area contributed by atoms with Crippen LogP contribution in [0.25, 0.3) is 5.69 Å². The molecule has 5 rings (SSSR count). The van der Waals surface area contributed by atoms with Gasteiger partial charge in [-0.15, -0.1) is 0 Å². The van der Waals surface area contributed by atoms with Crippen LogP contribution in [0.15, 0.2) is 54.6 Å². The van der Waals surface area contributed by atoms with Gasteiger partial charge in [0.05, 0.1) is 29.3 Å². The molecule has 1 unspecified atom stereocenters. The molecular weight excluding hydrogens is 446 g/mol. The van der Waals surface area contributed by atoms with Crippen LogP contribution >= 0.6 is 0 Å². The molecule has 0 radical (unpaired) electrons. The molecule has 3 heterocycles. The molecule has 9 heteroatoms. The minimum absolute atomic E-state index is 0.0804. The van der Waals surface area contributed by atoms with Crippen molar-refractivity contribution in [2.24, 2.45) is 0 Å². The molecule has 1 aromatic heterocycles. The van der Waals surface area contributed by atoms with E-state index in [-0.39, 0.29) is 25.0 Å². The van der Waals surface area contributed by atoms with E-state index in [1.807, 2.05) is 67.1 Å². The number of carbonyl (C=O) groups is 2. The van der Waals surface area contributed by atoms with E-state index < -0.39 is 6.10 Å². The number of anilines is 1. The second-order valence-corrected chi connectivity index (χ2v) is 8.81. The largest absolute Gasteiger partial charge is 0.485 e. The fourth-order valence-electron chi connectivity index (χ4n) is 4.50. The zero-order valence-corrected chi connectivity index (χ0v) is 19.9. The molecule has 1 saturated heterocycles. The Bertz CT molecular complexity index is 1220. The second-order valence-electron chi connectivity index (χ2n) is 8.81. The minimum Gasteiger partial charge on any atom is -0.485 e. The zero-order chi connectivity index (χ0) is 24.4. The lowest BCUT2D eigenvalue weighted by atomic mass is 10.2. The molecule has 0 saturated carbocycles. The Labute approximate surface area is 204 Å². The third-order valence-electron chi connectivity index (χ3n) is 6.39. The topological polar surface area (TPSA) is 88.9 Å². The molecule has 1 fully saturated rings. The minimum atomic E-state index is -0.646. The molecule has 1 N–H and O–H groups in total. The predicted octanol–water partition coefficient (Wildman–Crippen LogP) is 2.41. The first kappa shape index (κ1) is 22.9. The van der Waals surface area contributed by atoms with E-state index in [0.717, 1.165) is 22.8 Å². The zero-order valence-electron chi connectivity index (χ0n) is 19.9. The van der Waals surface area contributed by atoms with Gasteiger partial charge in [0.15, 0.2) is 11.5 Å². The molecule has 182 valence electrons. The maximum atomic E-state index is 12.9. The number of carbonyl (C=O) groups excluding carboxylic acids is 2. The third kappa shape index (κ3) is 4.85. The molecule has 2 amide bonds. The molecule has 9 nitrogen and oxygen atoms in total. The smallest absolute Gasteiger partial charge is 0.267 e. The van der Waals surface area contributed by atoms with Gasteiger partial charge < -0.3 is 19.7 Å². The van der Waals surface area contributed by atoms with E-state index in [1.54, 1.807) is 11.0 Å². The molecule has 3 aromatic rings. The number of benzene rings is 2. The summed E-state index contributed by atoms with van der Waals surface area (Å²) >= 11 is 0. The molecule has 35 heavy (non-hydrogen) atoms. The number of aromatic nitrogens is 2. The van der Waals surface area contributed by atoms with E-state index in [9.17, 15) is 9.59 Å². The van der Waals surface area contributed by atoms with Crippen molar-refractivity contribution in [2.75, 3.05) is 44.6 Å². The number of para-hydroxylation sites is 3. The molecular formula is C26H29N5O4. The van der Waals surface area contributed by atoms with E-state index in [4.69, 9.17) is 9.47 Å². The summed E-state index contributed by atoms with van der Waals surface area (Å²) in [6.07, 6.45) is -0.646. The SMILES string of the molecule is Cc1nn(-c2ccccc2)c(C)c1NC(=O)CN1CCN(C(=O)C2COc3ccccc3O2)CC1. The van der Waals surface area contributed by atoms with Crippen LogP contribution in [0.2, 0.25) is 0 Å². The van der Waals surface area contributed by atoms with E-state index in [1.165, 1.54) is 0 Å². The number of ether oxygens (including phenoxy) is 2. The summed E-state index contributed by atoms with van der Waals surface area (Å²) in [5, 5.41) is 7.62. The maximum Gasteiger partial charge on any atom is 0.267 e. The summed E-state index contributed by atoms with van der Waals surface area (Å²) in [6, 6.07) is 17.2. The second kappa shape index (κ2) is 9.79. The van der Waals surface area contributed by atoms with Crippen LogP contribution in [0.4, 0.5) is 5.69 Å². The molecule has 0 bridgehead atoms. The number of fused-ring (bicyclic) bond motifs is 1. The van der Waals surface area contributed by atoms with Gasteiger partial charge in [-0.25, -0.2) is 4.68 Å². The van der Waals surface area contributed by atoms with E-state index in [2.05, 4.69) is 15.3 Å². The van der Waals surface area contributed by atoms with Crippen molar-refractivity contribution in [1.82, 2.24) is 19.6 Å². The molecule has 2 aromatic carbocycles. The first-order valence-corrected chi connectivity index (χ1v) is 11.8. The molecule has 1 atom stereocenters. The van der Waals surface area contributed by atoms with Gasteiger partial charge in [-0.1, -0.05) is 30.3 Å². The van der Waals surface area contributed by atoms with Crippen LogP contribution in [-0.2, 0) is 9.59 Å². The Hall–Kier alpha value is -3.85. The van der Waals surface area contributed by atoms with Gasteiger partial charge in [0.25, 0.3) is 5.91 Å². The summed E-state index contributed by atoms with van der Waals surface area (Å²) in [5.41, 5.74) is 3.34. The van der Waals surface area contributed by atoms with Gasteiger partial charge in [0.1, 0.15) is 6.61 Å². The standard InChI is InChI=1S/C26H29N5O4/c1-18-25(19(2)31(28-18)20-8-4-3-5-9-20)27-24(32)16-29-12-14-30(15-13-29)26(33)23-17-34-21-10-6-7-11-22(21)35-23/h3-11,23H,12-17H2,1-2H3,(H,27,32). The highest BCUT2D eigenvalue weighted by atomic mass is 16.6. The van der Waals surface area contributed by atoms with Crippen LogP contribution in [0, 0.1) is 13.8 Å². The number of rotatable bonds is 5. The van der Waals surface area contributed by atoms with Crippen LogP contribution < -0.4 is 14.8 Å². The summed E-state index contributed by atoms with van der Waals surface area (Å²) < 4.78 is 13.4. The Kier molecular flexibility index (Phi) is 6.41. The highest BCUT2D eigenvalue weighted by Gasteiger charge is 2.33. The number of hydrogen-bond donors (Lipinski definition) is 1. The van der Waals surface area contributed by atoms with Crippen LogP contribution in [-0.4, -0.2) is 76.8 Å². The Morgan fingerprint density at radius 2 is 1.66 bits per heavy atom. The van der Waals surface area contributed by atoms with Crippen LogP contribution in [0.1, 0.15) is 11.4 Å². The quantitative estimate of drug-likeness (QED) is 0.610. The summed E-state index contributed by atoms with van der Waals surface area (Å²) in [4.78, 5) is 29.6. The lowest BCUT2D eigenvalue weighted by Gasteiger charge is -2.36. The lowest BCUT2D eigenvalue weighted by Crippen LogP contribution is -2.54. The van der Waals surface area contributed by atoms with Crippen molar-refractivity contribution in [1.29, 1.82) is 0 Å². The predicted molar refractivity (Wildman–Crippen MR) is 131 cm³/mol. The van der Waals surface area contributed by atoms with Crippen molar-refractivity contribution in [3.63, 3.8) is 0 Å². The van der Waals surface area contributed by atoms with Crippen molar-refractivity contribution < 1.29 is 19.1 Å². The van der Waals surface area contributed by atoms with Crippen molar-refractivity contribution in [2.45, 2.75) is 20.0 Å². The third-order valence-corrected chi connectivity index (χ3v) is 6.39. The van der Waals surface area contributed by atoms with Crippen LogP contribution in [0.5, 0.6) is 11.5 Å². The van der Waals surface area contributed by atoms with Gasteiger partial charge in [0, 0.05) is 26.2 Å². The Morgan fingerprint density at radius 1 is 0.971 bits per heavy atom. The van der Waals surface area contributed by atoms with Crippen molar-refractivity contribution in [3.05, 3.63) is 66.0 Å². The molecule has 2 aliphatic heterocycles. The van der Waals surface area contributed by atoms with Gasteiger partial charge in [-0.05, 0) is 38.1 Å². The number of hydrogen-bond acceptors (Lipinski definition) is 6. The first-order chi connectivity index (χ1) is 17.0. The monoisotopic (exact) mass is 475 g/mol. The van der Waals surface area contributed by atoms with Gasteiger partial charge >= 0.3 is 0 Å². The maximum absolute atomic E-state index is 12.9. The summed E-state index contributed by atoms with van der Waals surface area (Å²) in [7, 11) is 0. The average Bonchev–Trinajstić information content (AvgIpc) is 3.17. The number of amides is 2. The molecule has 0 aliphatic carbocycles. The highest BCUT2D eigenvalue weighted by Crippen LogP contribution is 2.31. The van der Waals surface area contributed by atoms with Gasteiger partial charge in [0.2, 0.25) is 12.0 Å². The highest BCUT2D eigenvalue weighted by molar-refractivity contribution is 5.93. The number of aryl methyl sites for hydroxylation is 1. The Morgan fingerprint density at radius 3 is 2.40 bits per heavy atom. The number of nitrogens with zero attached hydrogens (tertiary/aromatic N) is 4. The van der Waals surface area contributed by atoms with Crippen molar-refractivity contribution in [3.8, 4) is 17.2 Å². The number of nitrogens with one attached hydrogen (secondary N) is 1. The fraction of sp³-hybridized carbons (Fsp3) is 0.346. The Balaban J connectivity index is 1.13. The number of piperazine rings is 1. The fourth-order valence-corrected chi connectivity index (χ4v) is 4.50. The van der Waals surface area contributed by atoms with Crippen molar-refractivity contribution >= 4 is 17.5 Å². The molecule has 0 spiro atoms. The van der Waals surface area contributed by atoms with Crippen LogP contribution in [0.3, 0.4) is 0 Å².